The zero-order valence-electron chi connectivity index (χ0n) is 14.8. The van der Waals surface area contributed by atoms with Crippen LogP contribution in [-0.2, 0) is 9.53 Å². The minimum Gasteiger partial charge on any atom is -0.466 e. The average molecular weight is 322 g/mol. The van der Waals surface area contributed by atoms with Crippen LogP contribution in [0.2, 0.25) is 0 Å². The molecule has 0 aromatic carbocycles. The molecule has 1 heterocycles. The van der Waals surface area contributed by atoms with Crippen LogP contribution in [0.1, 0.15) is 64.7 Å². The third kappa shape index (κ3) is 5.46. The number of hydrogen-bond acceptors (Lipinski definition) is 4. The lowest BCUT2D eigenvalue weighted by atomic mass is 9.88. The fourth-order valence-corrected chi connectivity index (χ4v) is 4.45. The van der Waals surface area contributed by atoms with Gasteiger partial charge in [0.05, 0.1) is 6.61 Å². The SMILES string of the molecule is CCOC(=O)CC1CC(NCC2CCCCC2)CN(C2CC2)C1. The molecule has 0 amide bonds. The number of nitrogens with zero attached hydrogens (tertiary/aromatic N) is 1. The largest absolute Gasteiger partial charge is 0.466 e. The van der Waals surface area contributed by atoms with E-state index in [2.05, 4.69) is 10.2 Å². The lowest BCUT2D eigenvalue weighted by Gasteiger charge is -2.39. The monoisotopic (exact) mass is 322 g/mol. The fraction of sp³-hybridized carbons (Fsp3) is 0.947. The van der Waals surface area contributed by atoms with E-state index in [1.807, 2.05) is 6.92 Å². The van der Waals surface area contributed by atoms with E-state index in [1.54, 1.807) is 0 Å². The highest BCUT2D eigenvalue weighted by molar-refractivity contribution is 5.69. The predicted molar refractivity (Wildman–Crippen MR) is 92.3 cm³/mol. The molecule has 1 N–H and O–H groups in total. The molecule has 0 radical (unpaired) electrons. The number of likely N-dealkylation sites (tertiary alicyclic amines) is 1. The molecule has 1 aliphatic heterocycles. The summed E-state index contributed by atoms with van der Waals surface area (Å²) in [4.78, 5) is 14.5. The molecule has 3 fully saturated rings. The van der Waals surface area contributed by atoms with E-state index in [0.29, 0.717) is 25.0 Å². The van der Waals surface area contributed by atoms with Gasteiger partial charge in [0, 0.05) is 31.6 Å². The first-order chi connectivity index (χ1) is 11.2. The Bertz CT molecular complexity index is 378. The summed E-state index contributed by atoms with van der Waals surface area (Å²) in [6, 6.07) is 1.35. The maximum atomic E-state index is 11.9. The number of hydrogen-bond donors (Lipinski definition) is 1. The van der Waals surface area contributed by atoms with Crippen LogP contribution in [0.15, 0.2) is 0 Å². The Morgan fingerprint density at radius 2 is 1.87 bits per heavy atom. The van der Waals surface area contributed by atoms with Crippen molar-refractivity contribution < 1.29 is 9.53 Å². The summed E-state index contributed by atoms with van der Waals surface area (Å²) in [6.07, 6.45) is 11.5. The van der Waals surface area contributed by atoms with Crippen molar-refractivity contribution in [3.63, 3.8) is 0 Å². The maximum absolute atomic E-state index is 11.9. The second-order valence-electron chi connectivity index (χ2n) is 7.91. The van der Waals surface area contributed by atoms with Crippen molar-refractivity contribution in [1.29, 1.82) is 0 Å². The minimum absolute atomic E-state index is 0.0128. The minimum atomic E-state index is -0.0128. The highest BCUT2D eigenvalue weighted by atomic mass is 16.5. The highest BCUT2D eigenvalue weighted by Crippen LogP contribution is 2.32. The summed E-state index contributed by atoms with van der Waals surface area (Å²) in [5.74, 6) is 1.33. The van der Waals surface area contributed by atoms with Gasteiger partial charge in [-0.15, -0.1) is 0 Å². The van der Waals surface area contributed by atoms with E-state index < -0.39 is 0 Å². The number of rotatable bonds is 7. The first-order valence-electron chi connectivity index (χ1n) is 9.87. The summed E-state index contributed by atoms with van der Waals surface area (Å²) in [6.45, 7) is 5.84. The molecular weight excluding hydrogens is 288 g/mol. The van der Waals surface area contributed by atoms with Gasteiger partial charge in [-0.2, -0.15) is 0 Å². The third-order valence-electron chi connectivity index (χ3n) is 5.81. The molecule has 2 atom stereocenters. The topological polar surface area (TPSA) is 41.6 Å². The number of carbonyl (C=O) groups is 1. The van der Waals surface area contributed by atoms with E-state index >= 15 is 0 Å². The first-order valence-corrected chi connectivity index (χ1v) is 9.87. The van der Waals surface area contributed by atoms with Gasteiger partial charge < -0.3 is 10.1 Å². The van der Waals surface area contributed by atoms with Gasteiger partial charge >= 0.3 is 5.97 Å². The molecule has 2 aliphatic carbocycles. The zero-order valence-corrected chi connectivity index (χ0v) is 14.8. The molecule has 3 aliphatic rings. The second-order valence-corrected chi connectivity index (χ2v) is 7.91. The molecule has 2 saturated carbocycles. The van der Waals surface area contributed by atoms with Crippen LogP contribution in [0.5, 0.6) is 0 Å². The van der Waals surface area contributed by atoms with Crippen LogP contribution in [0, 0.1) is 11.8 Å². The molecule has 2 unspecified atom stereocenters. The van der Waals surface area contributed by atoms with Crippen LogP contribution in [-0.4, -0.2) is 49.2 Å². The first kappa shape index (κ1) is 17.2. The molecule has 3 rings (SSSR count). The standard InChI is InChI=1S/C19H34N2O2/c1-2-23-19(22)11-16-10-17(14-21(13-16)18-8-9-18)20-12-15-6-4-3-5-7-15/h15-18,20H,2-14H2,1H3. The Hall–Kier alpha value is -0.610. The molecule has 0 bridgehead atoms. The van der Waals surface area contributed by atoms with Gasteiger partial charge in [0.15, 0.2) is 0 Å². The van der Waals surface area contributed by atoms with Crippen LogP contribution < -0.4 is 5.32 Å². The summed E-state index contributed by atoms with van der Waals surface area (Å²) in [7, 11) is 0. The highest BCUT2D eigenvalue weighted by Gasteiger charge is 2.36. The van der Waals surface area contributed by atoms with Crippen LogP contribution in [0.4, 0.5) is 0 Å². The van der Waals surface area contributed by atoms with Gasteiger partial charge in [0.2, 0.25) is 0 Å². The number of nitrogens with one attached hydrogen (secondary N) is 1. The molecule has 132 valence electrons. The van der Waals surface area contributed by atoms with Crippen molar-refractivity contribution in [2.75, 3.05) is 26.2 Å². The van der Waals surface area contributed by atoms with Crippen LogP contribution in [0.3, 0.4) is 0 Å². The molecule has 0 spiro atoms. The Balaban J connectivity index is 1.48. The normalized spacial score (nSPS) is 30.3. The predicted octanol–water partition coefficient (Wildman–Crippen LogP) is 2.96. The quantitative estimate of drug-likeness (QED) is 0.732. The number of ether oxygens (including phenoxy) is 1. The maximum Gasteiger partial charge on any atom is 0.306 e. The van der Waals surface area contributed by atoms with Crippen molar-refractivity contribution >= 4 is 5.97 Å². The van der Waals surface area contributed by atoms with Gasteiger partial charge in [-0.25, -0.2) is 0 Å². The number of carbonyl (C=O) groups excluding carboxylic acids is 1. The average Bonchev–Trinajstić information content (AvgIpc) is 3.39. The van der Waals surface area contributed by atoms with Crippen molar-refractivity contribution in [2.45, 2.75) is 76.8 Å². The van der Waals surface area contributed by atoms with E-state index in [4.69, 9.17) is 4.74 Å². The van der Waals surface area contributed by atoms with E-state index in [-0.39, 0.29) is 5.97 Å². The van der Waals surface area contributed by atoms with Crippen LogP contribution >= 0.6 is 0 Å². The van der Waals surface area contributed by atoms with Crippen molar-refractivity contribution in [3.05, 3.63) is 0 Å². The molecule has 4 heteroatoms. The molecule has 1 saturated heterocycles. The molecular formula is C19H34N2O2. The summed E-state index contributed by atoms with van der Waals surface area (Å²) >= 11 is 0. The zero-order chi connectivity index (χ0) is 16.1. The Kier molecular flexibility index (Phi) is 6.35. The Morgan fingerprint density at radius 1 is 1.09 bits per heavy atom. The number of piperidine rings is 1. The molecule has 23 heavy (non-hydrogen) atoms. The summed E-state index contributed by atoms with van der Waals surface area (Å²) in [5.41, 5.74) is 0. The van der Waals surface area contributed by atoms with Crippen molar-refractivity contribution in [3.8, 4) is 0 Å². The lowest BCUT2D eigenvalue weighted by molar-refractivity contribution is -0.144. The molecule has 4 nitrogen and oxygen atoms in total. The van der Waals surface area contributed by atoms with Gasteiger partial charge in [-0.1, -0.05) is 19.3 Å². The number of esters is 1. The second kappa shape index (κ2) is 8.48. The third-order valence-corrected chi connectivity index (χ3v) is 5.81. The van der Waals surface area contributed by atoms with Gasteiger partial charge in [-0.05, 0) is 57.4 Å². The van der Waals surface area contributed by atoms with Crippen molar-refractivity contribution in [2.24, 2.45) is 11.8 Å². The van der Waals surface area contributed by atoms with Gasteiger partial charge in [0.1, 0.15) is 0 Å². The van der Waals surface area contributed by atoms with E-state index in [1.165, 1.54) is 58.0 Å². The fourth-order valence-electron chi connectivity index (χ4n) is 4.45. The Morgan fingerprint density at radius 3 is 2.57 bits per heavy atom. The van der Waals surface area contributed by atoms with E-state index in [9.17, 15) is 4.79 Å². The van der Waals surface area contributed by atoms with Gasteiger partial charge in [-0.3, -0.25) is 9.69 Å². The lowest BCUT2D eigenvalue weighted by Crippen LogP contribution is -2.51. The Labute approximate surface area is 141 Å². The van der Waals surface area contributed by atoms with Gasteiger partial charge in [0.25, 0.3) is 0 Å². The van der Waals surface area contributed by atoms with Crippen LogP contribution in [0.25, 0.3) is 0 Å². The molecule has 0 aromatic heterocycles. The van der Waals surface area contributed by atoms with E-state index in [0.717, 1.165) is 24.9 Å². The smallest absolute Gasteiger partial charge is 0.306 e. The van der Waals surface area contributed by atoms with Crippen molar-refractivity contribution in [1.82, 2.24) is 10.2 Å². The summed E-state index contributed by atoms with van der Waals surface area (Å²) < 4.78 is 5.17. The molecule has 0 aromatic rings. The summed E-state index contributed by atoms with van der Waals surface area (Å²) in [5, 5.41) is 3.85.